The molecule has 0 unspecified atom stereocenters. The minimum atomic E-state index is -0.194. The van der Waals surface area contributed by atoms with Gasteiger partial charge in [0.15, 0.2) is 0 Å². The van der Waals surface area contributed by atoms with E-state index >= 15 is 0 Å². The van der Waals surface area contributed by atoms with Gasteiger partial charge in [-0.15, -0.1) is 0 Å². The van der Waals surface area contributed by atoms with E-state index in [0.29, 0.717) is 6.42 Å². The van der Waals surface area contributed by atoms with Crippen molar-refractivity contribution in [3.63, 3.8) is 0 Å². The van der Waals surface area contributed by atoms with Crippen molar-refractivity contribution >= 4 is 28.6 Å². The summed E-state index contributed by atoms with van der Waals surface area (Å²) in [6.45, 7) is 2.25. The molecule has 0 amide bonds. The fourth-order valence-electron chi connectivity index (χ4n) is 1.55. The fraction of sp³-hybridized carbons (Fsp3) is 0.923. The second-order valence-electron chi connectivity index (χ2n) is 4.19. The van der Waals surface area contributed by atoms with E-state index in [2.05, 4.69) is 6.92 Å². The van der Waals surface area contributed by atoms with Gasteiger partial charge in [-0.3, -0.25) is 4.79 Å². The SMILES string of the molecule is CCCCCCCCSCCCCC(=O)Cl. The highest BCUT2D eigenvalue weighted by atomic mass is 35.5. The minimum absolute atomic E-state index is 0.194. The van der Waals surface area contributed by atoms with Gasteiger partial charge in [0.25, 0.3) is 0 Å². The molecular weight excluding hydrogens is 240 g/mol. The Hall–Kier alpha value is 0.310. The molecule has 0 heterocycles. The smallest absolute Gasteiger partial charge is 0.221 e. The maximum atomic E-state index is 10.5. The number of hydrogen-bond donors (Lipinski definition) is 0. The summed E-state index contributed by atoms with van der Waals surface area (Å²) in [6, 6.07) is 0. The average molecular weight is 265 g/mol. The molecule has 0 atom stereocenters. The van der Waals surface area contributed by atoms with Crippen LogP contribution in [0.4, 0.5) is 0 Å². The molecule has 0 aromatic carbocycles. The highest BCUT2D eigenvalue weighted by Gasteiger charge is 1.96. The van der Waals surface area contributed by atoms with Crippen LogP contribution in [0.1, 0.15) is 64.7 Å². The lowest BCUT2D eigenvalue weighted by Crippen LogP contribution is -1.89. The summed E-state index contributed by atoms with van der Waals surface area (Å²) < 4.78 is 0. The molecule has 16 heavy (non-hydrogen) atoms. The Bertz CT molecular complexity index is 162. The molecule has 0 aromatic heterocycles. The van der Waals surface area contributed by atoms with Crippen molar-refractivity contribution in [1.29, 1.82) is 0 Å². The monoisotopic (exact) mass is 264 g/mol. The lowest BCUT2D eigenvalue weighted by atomic mass is 10.1. The molecule has 0 aliphatic carbocycles. The van der Waals surface area contributed by atoms with E-state index in [-0.39, 0.29) is 5.24 Å². The van der Waals surface area contributed by atoms with Crippen LogP contribution in [0.5, 0.6) is 0 Å². The zero-order valence-electron chi connectivity index (χ0n) is 10.5. The van der Waals surface area contributed by atoms with Crippen molar-refractivity contribution in [3.05, 3.63) is 0 Å². The van der Waals surface area contributed by atoms with Crippen LogP contribution in [0.25, 0.3) is 0 Å². The topological polar surface area (TPSA) is 17.1 Å². The lowest BCUT2D eigenvalue weighted by molar-refractivity contribution is -0.111. The molecule has 0 spiro atoms. The Kier molecular flexibility index (Phi) is 13.6. The van der Waals surface area contributed by atoms with E-state index in [1.807, 2.05) is 11.8 Å². The summed E-state index contributed by atoms with van der Waals surface area (Å²) in [6.07, 6.45) is 10.9. The molecule has 0 N–H and O–H groups in total. The quantitative estimate of drug-likeness (QED) is 0.364. The molecule has 0 aliphatic heterocycles. The third-order valence-corrected chi connectivity index (χ3v) is 3.90. The number of carbonyl (C=O) groups is 1. The Labute approximate surface area is 110 Å². The van der Waals surface area contributed by atoms with Crippen LogP contribution < -0.4 is 0 Å². The second kappa shape index (κ2) is 13.4. The predicted molar refractivity (Wildman–Crippen MR) is 75.4 cm³/mol. The summed E-state index contributed by atoms with van der Waals surface area (Å²) >= 11 is 7.27. The van der Waals surface area contributed by atoms with Crippen LogP contribution in [0.3, 0.4) is 0 Å². The van der Waals surface area contributed by atoms with E-state index in [9.17, 15) is 4.79 Å². The van der Waals surface area contributed by atoms with E-state index < -0.39 is 0 Å². The number of unbranched alkanes of at least 4 members (excludes halogenated alkanes) is 6. The van der Waals surface area contributed by atoms with E-state index in [0.717, 1.165) is 12.8 Å². The summed E-state index contributed by atoms with van der Waals surface area (Å²) in [5.41, 5.74) is 0. The number of hydrogen-bond acceptors (Lipinski definition) is 2. The highest BCUT2D eigenvalue weighted by molar-refractivity contribution is 7.99. The van der Waals surface area contributed by atoms with Crippen LogP contribution >= 0.6 is 23.4 Å². The van der Waals surface area contributed by atoms with Gasteiger partial charge in [-0.25, -0.2) is 0 Å². The van der Waals surface area contributed by atoms with Crippen LogP contribution in [0, 0.1) is 0 Å². The summed E-state index contributed by atoms with van der Waals surface area (Å²) in [5, 5.41) is -0.194. The highest BCUT2D eigenvalue weighted by Crippen LogP contribution is 2.12. The molecule has 0 radical (unpaired) electrons. The molecular formula is C13H25ClOS. The predicted octanol–water partition coefficient (Wildman–Crippen LogP) is 5.02. The Balaban J connectivity index is 2.90. The van der Waals surface area contributed by atoms with Crippen molar-refractivity contribution in [2.45, 2.75) is 64.7 Å². The zero-order valence-corrected chi connectivity index (χ0v) is 12.0. The van der Waals surface area contributed by atoms with Gasteiger partial charge in [0.2, 0.25) is 5.24 Å². The third kappa shape index (κ3) is 14.3. The largest absolute Gasteiger partial charge is 0.281 e. The maximum absolute atomic E-state index is 10.5. The van der Waals surface area contributed by atoms with Crippen LogP contribution in [0.15, 0.2) is 0 Å². The molecule has 1 nitrogen and oxygen atoms in total. The van der Waals surface area contributed by atoms with Gasteiger partial charge in [0, 0.05) is 6.42 Å². The van der Waals surface area contributed by atoms with Gasteiger partial charge in [-0.05, 0) is 42.4 Å². The Morgan fingerprint density at radius 1 is 0.938 bits per heavy atom. The molecule has 0 saturated heterocycles. The van der Waals surface area contributed by atoms with Crippen molar-refractivity contribution in [1.82, 2.24) is 0 Å². The molecule has 3 heteroatoms. The minimum Gasteiger partial charge on any atom is -0.281 e. The molecule has 0 aliphatic rings. The van der Waals surface area contributed by atoms with Crippen LogP contribution in [0.2, 0.25) is 0 Å². The first-order valence-electron chi connectivity index (χ1n) is 6.53. The average Bonchev–Trinajstić information content (AvgIpc) is 2.25. The number of rotatable bonds is 12. The van der Waals surface area contributed by atoms with Gasteiger partial charge in [0.1, 0.15) is 0 Å². The van der Waals surface area contributed by atoms with Crippen LogP contribution in [-0.2, 0) is 4.79 Å². The zero-order chi connectivity index (χ0) is 12.1. The summed E-state index contributed by atoms with van der Waals surface area (Å²) in [5.74, 6) is 2.46. The van der Waals surface area contributed by atoms with E-state index in [1.165, 1.54) is 50.0 Å². The van der Waals surface area contributed by atoms with Crippen molar-refractivity contribution in [2.75, 3.05) is 11.5 Å². The first-order valence-corrected chi connectivity index (χ1v) is 8.06. The molecule has 0 rings (SSSR count). The third-order valence-electron chi connectivity index (χ3n) is 2.55. The van der Waals surface area contributed by atoms with Crippen molar-refractivity contribution in [3.8, 4) is 0 Å². The molecule has 96 valence electrons. The maximum Gasteiger partial charge on any atom is 0.221 e. The number of thioether (sulfide) groups is 1. The fourth-order valence-corrected chi connectivity index (χ4v) is 2.71. The lowest BCUT2D eigenvalue weighted by Gasteiger charge is -2.01. The summed E-state index contributed by atoms with van der Waals surface area (Å²) in [4.78, 5) is 10.5. The molecule has 0 aromatic rings. The Morgan fingerprint density at radius 3 is 2.12 bits per heavy atom. The second-order valence-corrected chi connectivity index (χ2v) is 5.84. The summed E-state index contributed by atoms with van der Waals surface area (Å²) in [7, 11) is 0. The van der Waals surface area contributed by atoms with Crippen LogP contribution in [-0.4, -0.2) is 16.7 Å². The standard InChI is InChI=1S/C13H25ClOS/c1-2-3-4-5-6-8-11-16-12-9-7-10-13(14)15/h2-12H2,1H3. The van der Waals surface area contributed by atoms with E-state index in [1.54, 1.807) is 0 Å². The Morgan fingerprint density at radius 2 is 1.50 bits per heavy atom. The number of halogens is 1. The normalized spacial score (nSPS) is 10.6. The molecule has 0 saturated carbocycles. The number of carbonyl (C=O) groups excluding carboxylic acids is 1. The molecule has 0 fully saturated rings. The van der Waals surface area contributed by atoms with Gasteiger partial charge in [-0.2, -0.15) is 11.8 Å². The van der Waals surface area contributed by atoms with Crippen molar-refractivity contribution in [2.24, 2.45) is 0 Å². The van der Waals surface area contributed by atoms with Gasteiger partial charge >= 0.3 is 0 Å². The van der Waals surface area contributed by atoms with E-state index in [4.69, 9.17) is 11.6 Å². The first-order chi connectivity index (χ1) is 7.77. The van der Waals surface area contributed by atoms with Gasteiger partial charge < -0.3 is 0 Å². The van der Waals surface area contributed by atoms with Crippen molar-refractivity contribution < 1.29 is 4.79 Å². The first kappa shape index (κ1) is 16.3. The van der Waals surface area contributed by atoms with Gasteiger partial charge in [-0.1, -0.05) is 39.0 Å². The van der Waals surface area contributed by atoms with Gasteiger partial charge in [0.05, 0.1) is 0 Å². The molecule has 0 bridgehead atoms.